The third kappa shape index (κ3) is 2.67. The van der Waals surface area contributed by atoms with Crippen LogP contribution in [0.5, 0.6) is 0 Å². The van der Waals surface area contributed by atoms with Crippen molar-refractivity contribution in [2.75, 3.05) is 25.0 Å². The molecule has 3 N–H and O–H groups in total. The Morgan fingerprint density at radius 3 is 2.88 bits per heavy atom. The summed E-state index contributed by atoms with van der Waals surface area (Å²) in [5.74, 6) is 0.202. The van der Waals surface area contributed by atoms with E-state index in [9.17, 15) is 4.79 Å². The van der Waals surface area contributed by atoms with Crippen LogP contribution in [0, 0.1) is 5.92 Å². The van der Waals surface area contributed by atoms with Gasteiger partial charge in [-0.05, 0) is 30.7 Å². The lowest BCUT2D eigenvalue weighted by Gasteiger charge is -2.25. The zero-order chi connectivity index (χ0) is 16.8. The number of carbonyl (C=O) groups is 1. The van der Waals surface area contributed by atoms with E-state index in [1.165, 1.54) is 15.1 Å². The number of thiazole rings is 1. The molecule has 0 spiro atoms. The molecule has 1 fully saturated rings. The number of nitrogens with one attached hydrogen (secondary N) is 3. The Balaban J connectivity index is 1.60. The van der Waals surface area contributed by atoms with Gasteiger partial charge < -0.3 is 16.0 Å². The highest BCUT2D eigenvalue weighted by Crippen LogP contribution is 2.44. The topological polar surface area (TPSA) is 66.0 Å². The van der Waals surface area contributed by atoms with Gasteiger partial charge in [-0.2, -0.15) is 0 Å². The molecular formula is C18H18N4OS2. The maximum atomic E-state index is 12.5. The second kappa shape index (κ2) is 6.17. The molecule has 5 nitrogen and oxygen atoms in total. The SMILES string of the molecule is O=C(Nc1sc2c(c1-c1nc3ccccc3s1)CCNC2)C1CNC1. The number of aromatic nitrogens is 1. The second-order valence-electron chi connectivity index (χ2n) is 6.47. The number of carbonyl (C=O) groups excluding carboxylic acids is 1. The average molecular weight is 371 g/mol. The van der Waals surface area contributed by atoms with Crippen LogP contribution in [0.2, 0.25) is 0 Å². The molecule has 4 heterocycles. The molecule has 128 valence electrons. The standard InChI is InChI=1S/C18H18N4OS2/c23-16(10-7-20-8-10)22-18-15(11-5-6-19-9-14(11)25-18)17-21-12-3-1-2-4-13(12)24-17/h1-4,10,19-20H,5-9H2,(H,22,23). The van der Waals surface area contributed by atoms with E-state index in [4.69, 9.17) is 4.98 Å². The fraction of sp³-hybridized carbons (Fsp3) is 0.333. The summed E-state index contributed by atoms with van der Waals surface area (Å²) in [6, 6.07) is 8.22. The Hall–Kier alpha value is -1.80. The van der Waals surface area contributed by atoms with Crippen molar-refractivity contribution in [2.24, 2.45) is 5.92 Å². The van der Waals surface area contributed by atoms with Crippen LogP contribution in [0.1, 0.15) is 10.4 Å². The van der Waals surface area contributed by atoms with E-state index in [0.29, 0.717) is 0 Å². The lowest BCUT2D eigenvalue weighted by atomic mass is 10.0. The molecule has 1 amide bonds. The molecule has 25 heavy (non-hydrogen) atoms. The predicted molar refractivity (Wildman–Crippen MR) is 103 cm³/mol. The minimum absolute atomic E-state index is 0.0838. The molecule has 0 radical (unpaired) electrons. The van der Waals surface area contributed by atoms with Crippen LogP contribution in [0.25, 0.3) is 20.8 Å². The van der Waals surface area contributed by atoms with Gasteiger partial charge in [0.2, 0.25) is 5.91 Å². The van der Waals surface area contributed by atoms with E-state index < -0.39 is 0 Å². The Bertz CT molecular complexity index is 924. The van der Waals surface area contributed by atoms with Crippen molar-refractivity contribution >= 4 is 43.8 Å². The number of benzene rings is 1. The van der Waals surface area contributed by atoms with Crippen molar-refractivity contribution in [1.82, 2.24) is 15.6 Å². The van der Waals surface area contributed by atoms with Gasteiger partial charge in [-0.15, -0.1) is 22.7 Å². The lowest BCUT2D eigenvalue weighted by Crippen LogP contribution is -2.48. The third-order valence-electron chi connectivity index (χ3n) is 4.82. The van der Waals surface area contributed by atoms with E-state index in [1.807, 2.05) is 18.2 Å². The fourth-order valence-corrected chi connectivity index (χ4v) is 5.65. The van der Waals surface area contributed by atoms with Gasteiger partial charge in [-0.1, -0.05) is 12.1 Å². The van der Waals surface area contributed by atoms with E-state index in [1.54, 1.807) is 22.7 Å². The van der Waals surface area contributed by atoms with Crippen LogP contribution in [-0.4, -0.2) is 30.5 Å². The van der Waals surface area contributed by atoms with Gasteiger partial charge in [-0.25, -0.2) is 4.98 Å². The number of para-hydroxylation sites is 1. The minimum atomic E-state index is 0.0838. The molecule has 1 saturated heterocycles. The van der Waals surface area contributed by atoms with E-state index >= 15 is 0 Å². The number of rotatable bonds is 3. The van der Waals surface area contributed by atoms with Crippen LogP contribution in [0.4, 0.5) is 5.00 Å². The monoisotopic (exact) mass is 370 g/mol. The van der Waals surface area contributed by atoms with Crippen molar-refractivity contribution in [3.8, 4) is 10.6 Å². The molecule has 0 aliphatic carbocycles. The molecule has 7 heteroatoms. The first-order valence-electron chi connectivity index (χ1n) is 8.52. The van der Waals surface area contributed by atoms with E-state index in [2.05, 4.69) is 22.0 Å². The highest BCUT2D eigenvalue weighted by Gasteiger charge is 2.29. The first-order valence-corrected chi connectivity index (χ1v) is 10.2. The van der Waals surface area contributed by atoms with Gasteiger partial charge >= 0.3 is 0 Å². The summed E-state index contributed by atoms with van der Waals surface area (Å²) in [5, 5.41) is 11.8. The molecule has 5 rings (SSSR count). The number of amides is 1. The van der Waals surface area contributed by atoms with Crippen LogP contribution in [-0.2, 0) is 17.8 Å². The van der Waals surface area contributed by atoms with Gasteiger partial charge in [0.25, 0.3) is 0 Å². The highest BCUT2D eigenvalue weighted by atomic mass is 32.1. The van der Waals surface area contributed by atoms with Gasteiger partial charge in [-0.3, -0.25) is 4.79 Å². The molecule has 2 aliphatic rings. The summed E-state index contributed by atoms with van der Waals surface area (Å²) >= 11 is 3.41. The number of thiophene rings is 1. The number of hydrogen-bond donors (Lipinski definition) is 3. The first kappa shape index (κ1) is 15.5. The lowest BCUT2D eigenvalue weighted by molar-refractivity contribution is -0.121. The summed E-state index contributed by atoms with van der Waals surface area (Å²) in [6.45, 7) is 3.39. The van der Waals surface area contributed by atoms with Crippen LogP contribution in [0.15, 0.2) is 24.3 Å². The van der Waals surface area contributed by atoms with E-state index in [0.717, 1.165) is 53.7 Å². The molecule has 0 atom stereocenters. The zero-order valence-corrected chi connectivity index (χ0v) is 15.2. The van der Waals surface area contributed by atoms with E-state index in [-0.39, 0.29) is 11.8 Å². The maximum absolute atomic E-state index is 12.5. The van der Waals surface area contributed by atoms with Crippen molar-refractivity contribution in [1.29, 1.82) is 0 Å². The largest absolute Gasteiger partial charge is 0.317 e. The molecule has 3 aromatic rings. The molecule has 0 saturated carbocycles. The molecular weight excluding hydrogens is 352 g/mol. The second-order valence-corrected chi connectivity index (χ2v) is 8.60. The quantitative estimate of drug-likeness (QED) is 0.663. The summed E-state index contributed by atoms with van der Waals surface area (Å²) < 4.78 is 1.19. The van der Waals surface area contributed by atoms with Gasteiger partial charge in [0.1, 0.15) is 10.0 Å². The smallest absolute Gasteiger partial charge is 0.230 e. The summed E-state index contributed by atoms with van der Waals surface area (Å²) in [6.07, 6.45) is 0.984. The molecule has 2 aliphatic heterocycles. The van der Waals surface area contributed by atoms with Crippen LogP contribution in [0.3, 0.4) is 0 Å². The molecule has 0 bridgehead atoms. The van der Waals surface area contributed by atoms with Crippen molar-refractivity contribution in [2.45, 2.75) is 13.0 Å². The number of anilines is 1. The Morgan fingerprint density at radius 2 is 2.08 bits per heavy atom. The maximum Gasteiger partial charge on any atom is 0.230 e. The number of nitrogens with zero attached hydrogens (tertiary/aromatic N) is 1. The highest BCUT2D eigenvalue weighted by molar-refractivity contribution is 7.22. The summed E-state index contributed by atoms with van der Waals surface area (Å²) in [5.41, 5.74) is 3.52. The molecule has 2 aromatic heterocycles. The van der Waals surface area contributed by atoms with Crippen molar-refractivity contribution in [3.63, 3.8) is 0 Å². The molecule has 0 unspecified atom stereocenters. The fourth-order valence-electron chi connectivity index (χ4n) is 3.32. The average Bonchev–Trinajstić information content (AvgIpc) is 3.12. The third-order valence-corrected chi connectivity index (χ3v) is 7.03. The predicted octanol–water partition coefficient (Wildman–Crippen LogP) is 2.83. The van der Waals surface area contributed by atoms with Gasteiger partial charge in [0.05, 0.1) is 16.1 Å². The van der Waals surface area contributed by atoms with Crippen molar-refractivity contribution < 1.29 is 4.79 Å². The Labute approximate surface area is 153 Å². The normalized spacial score (nSPS) is 17.3. The first-order chi connectivity index (χ1) is 12.3. The van der Waals surface area contributed by atoms with Gasteiger partial charge in [0.15, 0.2) is 0 Å². The number of fused-ring (bicyclic) bond motifs is 2. The summed E-state index contributed by atoms with van der Waals surface area (Å²) in [4.78, 5) is 18.7. The Kier molecular flexibility index (Phi) is 3.82. The number of hydrogen-bond acceptors (Lipinski definition) is 6. The molecule has 1 aromatic carbocycles. The van der Waals surface area contributed by atoms with Crippen molar-refractivity contribution in [3.05, 3.63) is 34.7 Å². The summed E-state index contributed by atoms with van der Waals surface area (Å²) in [7, 11) is 0. The van der Waals surface area contributed by atoms with Gasteiger partial charge in [0, 0.05) is 30.1 Å². The minimum Gasteiger partial charge on any atom is -0.317 e. The van der Waals surface area contributed by atoms with Crippen LogP contribution < -0.4 is 16.0 Å². The zero-order valence-electron chi connectivity index (χ0n) is 13.6. The Morgan fingerprint density at radius 1 is 1.20 bits per heavy atom. The van der Waals surface area contributed by atoms with Crippen LogP contribution >= 0.6 is 22.7 Å².